The van der Waals surface area contributed by atoms with Gasteiger partial charge in [0.2, 0.25) is 5.91 Å². The van der Waals surface area contributed by atoms with Gasteiger partial charge in [-0.3, -0.25) is 19.9 Å². The maximum Gasteiger partial charge on any atom is 0.251 e. The van der Waals surface area contributed by atoms with E-state index in [1.54, 1.807) is 11.0 Å². The molecular weight excluding hydrogens is 430 g/mol. The smallest absolute Gasteiger partial charge is 0.251 e. The third-order valence-electron chi connectivity index (χ3n) is 6.82. The van der Waals surface area contributed by atoms with Crippen LogP contribution in [0, 0.1) is 0 Å². The number of hydrazine groups is 1. The number of halogens is 1. The van der Waals surface area contributed by atoms with E-state index >= 15 is 0 Å². The van der Waals surface area contributed by atoms with Gasteiger partial charge in [-0.2, -0.15) is 0 Å². The maximum atomic E-state index is 13.2. The molecule has 3 N–H and O–H groups in total. The number of fused-ring (bicyclic) bond motifs is 1. The molecule has 1 atom stereocenters. The van der Waals surface area contributed by atoms with E-state index in [-0.39, 0.29) is 5.91 Å². The zero-order chi connectivity index (χ0) is 22.5. The molecule has 4 rings (SSSR count). The molecule has 3 aliphatic rings. The van der Waals surface area contributed by atoms with Crippen molar-refractivity contribution in [1.82, 2.24) is 15.2 Å². The molecule has 2 fully saturated rings. The van der Waals surface area contributed by atoms with Crippen LogP contribution in [-0.4, -0.2) is 74.0 Å². The first kappa shape index (κ1) is 23.3. The number of nitrogens with two attached hydrogens (primary N) is 1. The highest BCUT2D eigenvalue weighted by Crippen LogP contribution is 2.45. The van der Waals surface area contributed by atoms with Gasteiger partial charge in [-0.1, -0.05) is 24.4 Å². The topological polar surface area (TPSA) is 91.1 Å². The van der Waals surface area contributed by atoms with Gasteiger partial charge in [0.05, 0.1) is 5.02 Å². The molecule has 9 heteroatoms. The number of piperidine rings is 2. The highest BCUT2D eigenvalue weighted by molar-refractivity contribution is 6.35. The Morgan fingerprint density at radius 2 is 1.62 bits per heavy atom. The van der Waals surface area contributed by atoms with E-state index < -0.39 is 11.8 Å². The first-order chi connectivity index (χ1) is 15.6. The molecule has 176 valence electrons. The van der Waals surface area contributed by atoms with E-state index in [2.05, 4.69) is 15.2 Å². The summed E-state index contributed by atoms with van der Waals surface area (Å²) in [6, 6.07) is 3.65. The standard InChI is InChI=1S/C23H34ClN5O3/c24-21-18(32-16-15-28-11-5-2-6-12-28)8-7-17-19(21)20(22(30)26-25)23(31)29(17)14-13-27-9-3-1-4-10-27/h7-8,20H,1-6,9-16,25H2,(H,26,30). The third kappa shape index (κ3) is 5.03. The molecule has 0 aliphatic carbocycles. The SMILES string of the molecule is NNC(=O)C1C(=O)N(CCN2CCCCC2)c2ccc(OCCN3CCCCC3)c(Cl)c21. The molecule has 1 aromatic rings. The molecule has 0 spiro atoms. The monoisotopic (exact) mass is 463 g/mol. The number of carbonyl (C=O) groups excluding carboxylic acids is 2. The lowest BCUT2D eigenvalue weighted by molar-refractivity contribution is -0.129. The first-order valence-electron chi connectivity index (χ1n) is 11.8. The second-order valence-electron chi connectivity index (χ2n) is 8.90. The van der Waals surface area contributed by atoms with Crippen LogP contribution in [0.1, 0.15) is 50.0 Å². The number of amides is 2. The van der Waals surface area contributed by atoms with Crippen molar-refractivity contribution in [2.24, 2.45) is 5.84 Å². The van der Waals surface area contributed by atoms with Crippen LogP contribution in [0.2, 0.25) is 5.02 Å². The number of ether oxygens (including phenoxy) is 1. The number of rotatable bonds is 8. The fourth-order valence-electron chi connectivity index (χ4n) is 5.03. The lowest BCUT2D eigenvalue weighted by Gasteiger charge is -2.28. The molecule has 2 amide bonds. The minimum Gasteiger partial charge on any atom is -0.491 e. The van der Waals surface area contributed by atoms with Gasteiger partial charge in [0.15, 0.2) is 0 Å². The molecule has 0 aromatic heterocycles. The van der Waals surface area contributed by atoms with Gasteiger partial charge in [-0.05, 0) is 64.0 Å². The Labute approximate surface area is 194 Å². The van der Waals surface area contributed by atoms with Crippen molar-refractivity contribution in [2.45, 2.75) is 44.4 Å². The Kier molecular flexibility index (Phi) is 7.88. The minimum atomic E-state index is -1.05. The second kappa shape index (κ2) is 10.8. The Balaban J connectivity index is 1.49. The minimum absolute atomic E-state index is 0.285. The Morgan fingerprint density at radius 3 is 2.25 bits per heavy atom. The predicted molar refractivity (Wildman–Crippen MR) is 125 cm³/mol. The molecule has 1 unspecified atom stereocenters. The fraction of sp³-hybridized carbons (Fsp3) is 0.652. The van der Waals surface area contributed by atoms with Crippen LogP contribution in [0.4, 0.5) is 5.69 Å². The zero-order valence-electron chi connectivity index (χ0n) is 18.7. The van der Waals surface area contributed by atoms with Crippen molar-refractivity contribution in [3.63, 3.8) is 0 Å². The summed E-state index contributed by atoms with van der Waals surface area (Å²) in [5, 5.41) is 0.323. The van der Waals surface area contributed by atoms with E-state index in [0.717, 1.165) is 39.3 Å². The van der Waals surface area contributed by atoms with Crippen LogP contribution >= 0.6 is 11.6 Å². The second-order valence-corrected chi connectivity index (χ2v) is 9.27. The van der Waals surface area contributed by atoms with E-state index in [9.17, 15) is 9.59 Å². The van der Waals surface area contributed by atoms with Crippen molar-refractivity contribution in [3.05, 3.63) is 22.7 Å². The summed E-state index contributed by atoms with van der Waals surface area (Å²) in [4.78, 5) is 32.2. The number of nitrogens with one attached hydrogen (secondary N) is 1. The maximum absolute atomic E-state index is 13.2. The number of hydrogen-bond donors (Lipinski definition) is 2. The number of carbonyl (C=O) groups is 2. The van der Waals surface area contributed by atoms with Gasteiger partial charge >= 0.3 is 0 Å². The number of benzene rings is 1. The molecule has 3 heterocycles. The fourth-order valence-corrected chi connectivity index (χ4v) is 5.36. The van der Waals surface area contributed by atoms with Crippen molar-refractivity contribution in [2.75, 3.05) is 57.3 Å². The van der Waals surface area contributed by atoms with Gasteiger partial charge in [0, 0.05) is 30.9 Å². The Hall–Kier alpha value is -1.87. The molecule has 0 saturated carbocycles. The van der Waals surface area contributed by atoms with Crippen LogP contribution in [-0.2, 0) is 9.59 Å². The third-order valence-corrected chi connectivity index (χ3v) is 7.21. The van der Waals surface area contributed by atoms with Gasteiger partial charge in [-0.25, -0.2) is 5.84 Å². The summed E-state index contributed by atoms with van der Waals surface area (Å²) < 4.78 is 5.98. The number of hydrogen-bond acceptors (Lipinski definition) is 6. The van der Waals surface area contributed by atoms with E-state index in [1.165, 1.54) is 38.5 Å². The average Bonchev–Trinajstić information content (AvgIpc) is 3.12. The summed E-state index contributed by atoms with van der Waals surface area (Å²) in [6.45, 7) is 6.93. The van der Waals surface area contributed by atoms with Gasteiger partial charge in [-0.15, -0.1) is 0 Å². The summed E-state index contributed by atoms with van der Waals surface area (Å²) in [5.74, 6) is 4.02. The van der Waals surface area contributed by atoms with Crippen molar-refractivity contribution in [3.8, 4) is 5.75 Å². The summed E-state index contributed by atoms with van der Waals surface area (Å²) >= 11 is 6.70. The van der Waals surface area contributed by atoms with Crippen molar-refractivity contribution >= 4 is 29.1 Å². The van der Waals surface area contributed by atoms with E-state index in [1.807, 2.05) is 6.07 Å². The van der Waals surface area contributed by atoms with Gasteiger partial charge in [0.25, 0.3) is 5.91 Å². The highest BCUT2D eigenvalue weighted by atomic mass is 35.5. The predicted octanol–water partition coefficient (Wildman–Crippen LogP) is 2.11. The van der Waals surface area contributed by atoms with Crippen molar-refractivity contribution < 1.29 is 14.3 Å². The molecule has 0 bridgehead atoms. The molecule has 0 radical (unpaired) electrons. The molecular formula is C23H34ClN5O3. The molecule has 3 aliphatic heterocycles. The van der Waals surface area contributed by atoms with Gasteiger partial charge in [0.1, 0.15) is 18.3 Å². The largest absolute Gasteiger partial charge is 0.491 e. The van der Waals surface area contributed by atoms with Crippen LogP contribution in [0.5, 0.6) is 5.75 Å². The van der Waals surface area contributed by atoms with Crippen molar-refractivity contribution in [1.29, 1.82) is 0 Å². The van der Waals surface area contributed by atoms with Gasteiger partial charge < -0.3 is 14.5 Å². The number of anilines is 1. The molecule has 1 aromatic carbocycles. The van der Waals surface area contributed by atoms with Crippen LogP contribution in [0.3, 0.4) is 0 Å². The quantitative estimate of drug-likeness (QED) is 0.265. The Bertz CT molecular complexity index is 824. The lowest BCUT2D eigenvalue weighted by atomic mass is 9.99. The van der Waals surface area contributed by atoms with Crippen LogP contribution < -0.4 is 20.9 Å². The zero-order valence-corrected chi connectivity index (χ0v) is 19.4. The lowest BCUT2D eigenvalue weighted by Crippen LogP contribution is -2.43. The van der Waals surface area contributed by atoms with Crippen LogP contribution in [0.25, 0.3) is 0 Å². The van der Waals surface area contributed by atoms with E-state index in [4.69, 9.17) is 22.2 Å². The molecule has 2 saturated heterocycles. The van der Waals surface area contributed by atoms with Crippen LogP contribution in [0.15, 0.2) is 12.1 Å². The molecule has 8 nitrogen and oxygen atoms in total. The number of nitrogens with zero attached hydrogens (tertiary/aromatic N) is 3. The highest BCUT2D eigenvalue weighted by Gasteiger charge is 2.44. The average molecular weight is 464 g/mol. The first-order valence-corrected chi connectivity index (χ1v) is 12.2. The van der Waals surface area contributed by atoms with E-state index in [0.29, 0.717) is 35.2 Å². The molecule has 32 heavy (non-hydrogen) atoms. The summed E-state index contributed by atoms with van der Waals surface area (Å²) in [5.41, 5.74) is 3.30. The Morgan fingerprint density at radius 1 is 1.00 bits per heavy atom. The number of likely N-dealkylation sites (tertiary alicyclic amines) is 2. The summed E-state index contributed by atoms with van der Waals surface area (Å²) in [7, 11) is 0. The summed E-state index contributed by atoms with van der Waals surface area (Å²) in [6.07, 6.45) is 7.38. The normalized spacial score (nSPS) is 22.1.